The molecule has 2 fully saturated rings. The number of benzene rings is 2. The Balaban J connectivity index is 1.36. The molecule has 0 bridgehead atoms. The lowest BCUT2D eigenvalue weighted by Crippen LogP contribution is -2.26. The summed E-state index contributed by atoms with van der Waals surface area (Å²) >= 11 is 0. The van der Waals surface area contributed by atoms with Crippen molar-refractivity contribution in [3.05, 3.63) is 94.8 Å². The third-order valence-corrected chi connectivity index (χ3v) is 7.36. The minimum Gasteiger partial charge on any atom is -0.466 e. The third kappa shape index (κ3) is 4.74. The first-order valence-corrected chi connectivity index (χ1v) is 12.3. The Morgan fingerprint density at radius 1 is 1.06 bits per heavy atom. The smallest absolute Gasteiger partial charge is 0.309 e. The summed E-state index contributed by atoms with van der Waals surface area (Å²) in [5.41, 5.74) is 3.31. The molecule has 1 aliphatic carbocycles. The largest absolute Gasteiger partial charge is 0.466 e. The number of Topliss-reactive ketones (excluding diaryl/α,β-unsaturated/α-hetero) is 1. The van der Waals surface area contributed by atoms with E-state index in [9.17, 15) is 18.4 Å². The number of aryl methyl sites for hydroxylation is 1. The van der Waals surface area contributed by atoms with Gasteiger partial charge in [0.2, 0.25) is 0 Å². The molecule has 2 heterocycles. The van der Waals surface area contributed by atoms with Crippen molar-refractivity contribution >= 4 is 17.4 Å². The van der Waals surface area contributed by atoms with Crippen LogP contribution in [0.2, 0.25) is 0 Å². The lowest BCUT2D eigenvalue weighted by molar-refractivity contribution is -0.145. The number of halogens is 2. The number of anilines is 1. The lowest BCUT2D eigenvalue weighted by Gasteiger charge is -2.23. The summed E-state index contributed by atoms with van der Waals surface area (Å²) in [4.78, 5) is 31.5. The highest BCUT2D eigenvalue weighted by Crippen LogP contribution is 2.53. The van der Waals surface area contributed by atoms with Crippen LogP contribution in [0, 0.1) is 36.3 Å². The Bertz CT molecular complexity index is 1280. The number of carbonyl (C=O) groups excluding carboxylic acids is 2. The van der Waals surface area contributed by atoms with E-state index in [1.165, 1.54) is 12.1 Å². The zero-order chi connectivity index (χ0) is 25.4. The molecule has 5 rings (SSSR count). The van der Waals surface area contributed by atoms with E-state index in [1.54, 1.807) is 18.3 Å². The number of ketones is 1. The Labute approximate surface area is 209 Å². The van der Waals surface area contributed by atoms with Crippen LogP contribution < -0.4 is 4.90 Å². The fourth-order valence-corrected chi connectivity index (χ4v) is 5.46. The average molecular weight is 491 g/mol. The molecule has 0 radical (unpaired) electrons. The Morgan fingerprint density at radius 2 is 1.78 bits per heavy atom. The maximum Gasteiger partial charge on any atom is 0.309 e. The molecule has 2 aliphatic rings. The zero-order valence-electron chi connectivity index (χ0n) is 20.3. The molecule has 2 aromatic carbocycles. The van der Waals surface area contributed by atoms with Crippen molar-refractivity contribution in [1.29, 1.82) is 0 Å². The van der Waals surface area contributed by atoms with Crippen molar-refractivity contribution in [2.75, 3.05) is 24.6 Å². The number of hydrogen-bond acceptors (Lipinski definition) is 5. The van der Waals surface area contributed by atoms with Crippen molar-refractivity contribution < 1.29 is 23.1 Å². The molecular weight excluding hydrogens is 462 g/mol. The predicted molar refractivity (Wildman–Crippen MR) is 132 cm³/mol. The van der Waals surface area contributed by atoms with Gasteiger partial charge in [0.05, 0.1) is 12.5 Å². The summed E-state index contributed by atoms with van der Waals surface area (Å²) < 4.78 is 33.6. The minimum absolute atomic E-state index is 0.00846. The Kier molecular flexibility index (Phi) is 6.56. The fraction of sp³-hybridized carbons (Fsp3) is 0.345. The summed E-state index contributed by atoms with van der Waals surface area (Å²) in [5.74, 6) is -1.47. The van der Waals surface area contributed by atoms with Crippen LogP contribution in [0.4, 0.5) is 14.5 Å². The van der Waals surface area contributed by atoms with Crippen LogP contribution in [0.5, 0.6) is 0 Å². The second-order valence-corrected chi connectivity index (χ2v) is 9.63. The van der Waals surface area contributed by atoms with Crippen molar-refractivity contribution in [3.8, 4) is 0 Å². The van der Waals surface area contributed by atoms with Gasteiger partial charge >= 0.3 is 5.97 Å². The van der Waals surface area contributed by atoms with Crippen molar-refractivity contribution in [1.82, 2.24) is 4.98 Å². The van der Waals surface area contributed by atoms with E-state index in [-0.39, 0.29) is 29.7 Å². The maximum absolute atomic E-state index is 14.8. The van der Waals surface area contributed by atoms with Crippen molar-refractivity contribution in [2.45, 2.75) is 26.2 Å². The molecule has 3 aromatic rings. The predicted octanol–water partition coefficient (Wildman–Crippen LogP) is 5.32. The Morgan fingerprint density at radius 3 is 2.42 bits per heavy atom. The number of pyridine rings is 1. The minimum atomic E-state index is -0.674. The van der Waals surface area contributed by atoms with Crippen molar-refractivity contribution in [2.24, 2.45) is 17.8 Å². The van der Waals surface area contributed by atoms with Gasteiger partial charge in [-0.2, -0.15) is 0 Å². The number of fused-ring (bicyclic) bond motifs is 1. The zero-order valence-corrected chi connectivity index (χ0v) is 20.3. The van der Waals surface area contributed by atoms with Gasteiger partial charge in [-0.05, 0) is 67.1 Å². The number of carbonyl (C=O) groups is 2. The van der Waals surface area contributed by atoms with Crippen LogP contribution in [0.3, 0.4) is 0 Å². The number of piperidine rings is 1. The SMILES string of the molecule is CCOC(=O)C1C2CN(c3ccc(C(CC(=O)c4ccnc(C)c4)c4ccc(F)cc4F)cc3)CC21. The second kappa shape index (κ2) is 9.80. The Hall–Kier alpha value is -3.61. The summed E-state index contributed by atoms with van der Waals surface area (Å²) in [6.45, 7) is 5.62. The van der Waals surface area contributed by atoms with Gasteiger partial charge in [0, 0.05) is 54.6 Å². The highest BCUT2D eigenvalue weighted by Gasteiger charge is 2.60. The molecule has 3 unspecified atom stereocenters. The van der Waals surface area contributed by atoms with Crippen LogP contribution in [0.1, 0.15) is 46.4 Å². The first-order chi connectivity index (χ1) is 17.4. The molecule has 1 aliphatic heterocycles. The number of aromatic nitrogens is 1. The van der Waals surface area contributed by atoms with E-state index >= 15 is 0 Å². The normalized spacial score (nSPS) is 21.1. The number of hydrogen-bond donors (Lipinski definition) is 0. The third-order valence-electron chi connectivity index (χ3n) is 7.36. The highest BCUT2D eigenvalue weighted by atomic mass is 19.1. The van der Waals surface area contributed by atoms with Crippen LogP contribution >= 0.6 is 0 Å². The molecule has 0 amide bonds. The van der Waals surface area contributed by atoms with Gasteiger partial charge in [0.25, 0.3) is 0 Å². The standard InChI is InChI=1S/C29H28F2N2O3/c1-3-36-29(35)28-24-15-33(16-25(24)28)21-7-4-18(5-8-21)23(22-9-6-20(30)13-26(22)31)14-27(34)19-10-11-32-17(2)12-19/h4-13,23-25,28H,3,14-16H2,1-2H3. The van der Waals surface area contributed by atoms with Gasteiger partial charge in [0.1, 0.15) is 11.6 Å². The molecule has 3 atom stereocenters. The summed E-state index contributed by atoms with van der Waals surface area (Å²) in [5, 5.41) is 0. The van der Waals surface area contributed by atoms with Gasteiger partial charge < -0.3 is 9.64 Å². The number of esters is 1. The summed E-state index contributed by atoms with van der Waals surface area (Å²) in [6.07, 6.45) is 1.62. The summed E-state index contributed by atoms with van der Waals surface area (Å²) in [6, 6.07) is 14.6. The highest BCUT2D eigenvalue weighted by molar-refractivity contribution is 5.96. The summed E-state index contributed by atoms with van der Waals surface area (Å²) in [7, 11) is 0. The van der Waals surface area contributed by atoms with E-state index < -0.39 is 17.6 Å². The average Bonchev–Trinajstić information content (AvgIpc) is 3.37. The number of ether oxygens (including phenoxy) is 1. The molecule has 1 saturated heterocycles. The van der Waals surface area contributed by atoms with E-state index in [0.29, 0.717) is 24.0 Å². The number of nitrogens with zero attached hydrogens (tertiary/aromatic N) is 2. The molecule has 36 heavy (non-hydrogen) atoms. The van der Waals surface area contributed by atoms with Crippen LogP contribution in [0.15, 0.2) is 60.8 Å². The molecule has 186 valence electrons. The first kappa shape index (κ1) is 24.1. The second-order valence-electron chi connectivity index (χ2n) is 9.63. The fourth-order valence-electron chi connectivity index (χ4n) is 5.46. The maximum atomic E-state index is 14.8. The van der Waals surface area contributed by atoms with E-state index in [2.05, 4.69) is 9.88 Å². The quantitative estimate of drug-likeness (QED) is 0.316. The molecule has 0 spiro atoms. The monoisotopic (exact) mass is 490 g/mol. The van der Waals surface area contributed by atoms with Gasteiger partial charge in [-0.1, -0.05) is 18.2 Å². The molecule has 5 nitrogen and oxygen atoms in total. The van der Waals surface area contributed by atoms with Crippen LogP contribution in [-0.2, 0) is 9.53 Å². The van der Waals surface area contributed by atoms with Crippen LogP contribution in [0.25, 0.3) is 0 Å². The van der Waals surface area contributed by atoms with E-state index in [4.69, 9.17) is 4.74 Å². The molecule has 7 heteroatoms. The van der Waals surface area contributed by atoms with Crippen molar-refractivity contribution in [3.63, 3.8) is 0 Å². The van der Waals surface area contributed by atoms with E-state index in [0.717, 1.165) is 36.1 Å². The van der Waals surface area contributed by atoms with Gasteiger partial charge in [-0.25, -0.2) is 8.78 Å². The lowest BCUT2D eigenvalue weighted by atomic mass is 9.85. The van der Waals surface area contributed by atoms with Crippen LogP contribution in [-0.4, -0.2) is 36.4 Å². The van der Waals surface area contributed by atoms with E-state index in [1.807, 2.05) is 38.1 Å². The molecule has 1 saturated carbocycles. The molecule has 1 aromatic heterocycles. The van der Waals surface area contributed by atoms with Gasteiger partial charge in [0.15, 0.2) is 5.78 Å². The first-order valence-electron chi connectivity index (χ1n) is 12.3. The molecule has 0 N–H and O–H groups in total. The van der Waals surface area contributed by atoms with Gasteiger partial charge in [-0.15, -0.1) is 0 Å². The topological polar surface area (TPSA) is 59.5 Å². The number of rotatable bonds is 8. The van der Waals surface area contributed by atoms with Gasteiger partial charge in [-0.3, -0.25) is 14.6 Å². The molecular formula is C29H28F2N2O3.